The molecule has 3 aromatic heterocycles. The van der Waals surface area contributed by atoms with Gasteiger partial charge in [-0.1, -0.05) is 181 Å². The normalized spacial score (nSPS) is 25.1. The number of ether oxygens (including phenoxy) is 1. The fourth-order valence-electron chi connectivity index (χ4n) is 23.4. The number of H-pyrrole nitrogens is 1. The number of ketones is 6. The van der Waals surface area contributed by atoms with Gasteiger partial charge in [-0.15, -0.1) is 0 Å². The number of rotatable bonds is 26. The van der Waals surface area contributed by atoms with Crippen molar-refractivity contribution in [2.24, 2.45) is 35.5 Å². The monoisotopic (exact) mass is 2030 g/mol. The lowest BCUT2D eigenvalue weighted by Gasteiger charge is -2.40. The molecule has 788 valence electrons. The zero-order valence-corrected chi connectivity index (χ0v) is 87.7. The van der Waals surface area contributed by atoms with Crippen molar-refractivity contribution in [3.05, 3.63) is 221 Å². The maximum Gasteiger partial charge on any atom is 0.328 e. The Hall–Kier alpha value is -14.2. The van der Waals surface area contributed by atoms with E-state index >= 15 is 0 Å². The molecule has 4 aromatic carbocycles. The molecular weight excluding hydrogens is 1890 g/mol. The number of carbonyl (C=O) groups is 18. The maximum atomic E-state index is 13.8. The smallest absolute Gasteiger partial charge is 0.328 e. The quantitative estimate of drug-likeness (QED) is 0.0388. The lowest BCUT2D eigenvalue weighted by Crippen LogP contribution is -2.52. The predicted molar refractivity (Wildman–Crippen MR) is 548 cm³/mol. The molecule has 11 aliphatic rings. The summed E-state index contributed by atoms with van der Waals surface area (Å²) in [5.74, 6) is -2.37. The largest absolute Gasteiger partial charge is 0.496 e. The van der Waals surface area contributed by atoms with E-state index in [4.69, 9.17) is 4.74 Å². The van der Waals surface area contributed by atoms with E-state index in [0.717, 1.165) is 170 Å². The maximum absolute atomic E-state index is 13.8. The predicted octanol–water partition coefficient (Wildman–Crippen LogP) is 17.0. The minimum absolute atomic E-state index is 0.0938. The number of nitrogens with one attached hydrogen (secondary N) is 1. The average molecular weight is 2030 g/mol. The first-order valence-corrected chi connectivity index (χ1v) is 51.7. The number of aromatic amines is 1. The van der Waals surface area contributed by atoms with Gasteiger partial charge in [0, 0.05) is 88.8 Å². The van der Waals surface area contributed by atoms with Gasteiger partial charge in [0.15, 0.2) is 28.9 Å². The van der Waals surface area contributed by atoms with E-state index < -0.39 is 75.4 Å². The number of hydrogen-bond acceptors (Lipinski definition) is 21. The number of benzene rings is 4. The SMILES string of the molecule is CC1CCC(C2(C)C(=O)N(CC(=O)c3ccccc3)C(=O)N2C)CC1.CCN1C(=O)N(CC(=O)c2cccnc2)C(=O)C1(C)C1CCCC1.CN1C(=O)N(CC(=O)c2ccccc2F)C(=O)C1(C)C1CCCCC1.CN1C(=O)N(CC(=O)c2ccccn2)C(=O)C1(C)C1CCCCC1.COc1ccccc1C1(C)C(=O)N(CC(=O)c2ccc[nH]2)C(=O)N1C.Cc1cccc(C(=O)CN2C(=O)N(C)C(C)(C3CCCCC3)C2=O)c1. The van der Waals surface area contributed by atoms with Crippen LogP contribution in [0.25, 0.3) is 0 Å². The van der Waals surface area contributed by atoms with Crippen LogP contribution in [0.15, 0.2) is 170 Å². The molecule has 1 N–H and O–H groups in total. The number of carbonyl (C=O) groups excluding carboxylic acids is 18. The number of methoxy groups -OCH3 is 1. The summed E-state index contributed by atoms with van der Waals surface area (Å²) in [5.41, 5.74) is -1.94. The number of urea groups is 6. The zero-order valence-electron chi connectivity index (χ0n) is 87.7. The molecule has 18 amide bonds. The highest BCUT2D eigenvalue weighted by molar-refractivity contribution is 6.16. The number of hydrogen-bond donors (Lipinski definition) is 1. The Balaban J connectivity index is 0.000000148. The second-order valence-electron chi connectivity index (χ2n) is 41.8. The van der Waals surface area contributed by atoms with Crippen molar-refractivity contribution in [3.8, 4) is 5.75 Å². The number of aromatic nitrogens is 3. The van der Waals surface area contributed by atoms with E-state index in [1.165, 1.54) is 65.2 Å². The summed E-state index contributed by atoms with van der Waals surface area (Å²) >= 11 is 0. The van der Waals surface area contributed by atoms with Gasteiger partial charge in [0.1, 0.15) is 50.5 Å². The van der Waals surface area contributed by atoms with Gasteiger partial charge in [0.2, 0.25) is 5.78 Å². The minimum Gasteiger partial charge on any atom is -0.496 e. The molecule has 9 heterocycles. The Morgan fingerprint density at radius 1 is 0.372 bits per heavy atom. The summed E-state index contributed by atoms with van der Waals surface area (Å²) in [7, 11) is 9.71. The van der Waals surface area contributed by atoms with Crippen LogP contribution in [-0.2, 0) is 34.3 Å². The van der Waals surface area contributed by atoms with Gasteiger partial charge < -0.3 is 39.1 Å². The van der Waals surface area contributed by atoms with Gasteiger partial charge in [-0.2, -0.15) is 0 Å². The van der Waals surface area contributed by atoms with Crippen LogP contribution in [0.2, 0.25) is 0 Å². The average Bonchev–Trinajstić information content (AvgIpc) is 1.56. The number of nitrogens with zero attached hydrogens (tertiary/aromatic N) is 14. The number of amides is 18. The number of likely N-dealkylation sites (N-methyl/N-ethyl adjacent to an activating group) is 6. The molecule has 5 aliphatic carbocycles. The van der Waals surface area contributed by atoms with E-state index in [1.807, 2.05) is 59.7 Å². The third-order valence-electron chi connectivity index (χ3n) is 33.5. The molecule has 5 saturated carbocycles. The fourth-order valence-corrected chi connectivity index (χ4v) is 23.4. The first-order chi connectivity index (χ1) is 70.4. The molecule has 0 bridgehead atoms. The number of halogens is 1. The molecule has 6 unspecified atom stereocenters. The number of pyridine rings is 2. The van der Waals surface area contributed by atoms with Gasteiger partial charge in [0.25, 0.3) is 35.4 Å². The molecule has 6 aliphatic heterocycles. The minimum atomic E-state index is -1.24. The van der Waals surface area contributed by atoms with Gasteiger partial charge in [-0.25, -0.2) is 33.2 Å². The van der Waals surface area contributed by atoms with Crippen molar-refractivity contribution in [1.29, 1.82) is 0 Å². The Labute approximate surface area is 864 Å². The molecule has 6 atom stereocenters. The Bertz CT molecular complexity index is 6140. The van der Waals surface area contributed by atoms with Gasteiger partial charge >= 0.3 is 36.2 Å². The molecule has 148 heavy (non-hydrogen) atoms. The molecule has 11 fully saturated rings. The second-order valence-corrected chi connectivity index (χ2v) is 41.8. The van der Waals surface area contributed by atoms with Gasteiger partial charge in [-0.05, 0) is 216 Å². The van der Waals surface area contributed by atoms with Crippen molar-refractivity contribution in [2.75, 3.05) is 88.2 Å². The summed E-state index contributed by atoms with van der Waals surface area (Å²) < 4.78 is 19.2. The number of Topliss-reactive ketones (excluding diaryl/α,β-unsaturated/α-hetero) is 6. The molecule has 0 radical (unpaired) electrons. The lowest BCUT2D eigenvalue weighted by atomic mass is 9.72. The molecule has 0 spiro atoms. The van der Waals surface area contributed by atoms with E-state index in [-0.39, 0.29) is 150 Å². The van der Waals surface area contributed by atoms with Crippen molar-refractivity contribution in [1.82, 2.24) is 73.8 Å². The molecule has 34 nitrogen and oxygen atoms in total. The van der Waals surface area contributed by atoms with Crippen molar-refractivity contribution < 1.29 is 95.4 Å². The standard InChI is InChI=1S/2C20H26N2O3.C19H23FN2O3.C18H19N3O4.2C18H23N3O3/c1-14-8-7-9-15(12-14)17(23)13-22-18(24)20(2,21(3)19(22)25)16-10-5-4-6-11-16;1-14-9-11-16(12-10-14)20(2)18(24)22(19(25)21(20)3)13-17(23)15-7-5-4-6-8-15;1-19(13-8-4-3-5-9-13)17(24)22(18(25)21(19)2)12-16(23)14-10-6-7-11-15(14)20;1-18(12-7-4-5-9-15(12)25-3)16(23)21(17(24)20(18)2)11-14(22)13-8-6-10-19-13;1-18(13-8-4-3-5-9-13)16(23)21(17(24)20(18)2)12-15(22)14-10-6-7-11-19-14;1-3-21-17(24)20(12-15(22)13-7-6-10-19-11-13)16(23)18(21,2)14-8-4-5-9-14/h7-9,12,16H,4-6,10-11,13H2,1-3H3;4-8,14,16H,9-13H2,1-3H3;6-7,10-11,13H,3-5,8-9,12H2,1-2H3;4-10,19H,11H2,1-3H3;6-7,10-11,13H,3-5,8-9,12H2,1-2H3;6-7,10-11,14H,3-5,8-9,12H2,1-2H3. The third-order valence-corrected chi connectivity index (χ3v) is 33.5. The van der Waals surface area contributed by atoms with Gasteiger partial charge in [0.05, 0.1) is 57.6 Å². The first kappa shape index (κ1) is 111. The third kappa shape index (κ3) is 21.8. The van der Waals surface area contributed by atoms with E-state index in [0.29, 0.717) is 46.2 Å². The van der Waals surface area contributed by atoms with Crippen LogP contribution in [0.1, 0.15) is 277 Å². The van der Waals surface area contributed by atoms with E-state index in [9.17, 15) is 90.7 Å². The topological polar surface area (TPSA) is 397 Å². The highest BCUT2D eigenvalue weighted by atomic mass is 19.1. The summed E-state index contributed by atoms with van der Waals surface area (Å²) in [4.78, 5) is 255. The van der Waals surface area contributed by atoms with E-state index in [2.05, 4.69) is 21.9 Å². The molecule has 7 aromatic rings. The van der Waals surface area contributed by atoms with E-state index in [1.54, 1.807) is 185 Å². The number of imide groups is 6. The lowest BCUT2D eigenvalue weighted by molar-refractivity contribution is -0.135. The zero-order chi connectivity index (χ0) is 107. The summed E-state index contributed by atoms with van der Waals surface area (Å²) in [6, 6.07) is 37.9. The van der Waals surface area contributed by atoms with Crippen LogP contribution in [-0.4, -0.2) is 296 Å². The number of para-hydroxylation sites is 1. The van der Waals surface area contributed by atoms with Crippen LogP contribution < -0.4 is 4.74 Å². The molecule has 18 rings (SSSR count). The van der Waals surface area contributed by atoms with Crippen LogP contribution in [0.3, 0.4) is 0 Å². The van der Waals surface area contributed by atoms with Gasteiger partial charge in [-0.3, -0.25) is 96.9 Å². The summed E-state index contributed by atoms with van der Waals surface area (Å²) in [5, 5.41) is 0. The molecule has 6 saturated heterocycles. The van der Waals surface area contributed by atoms with Crippen LogP contribution >= 0.6 is 0 Å². The highest BCUT2D eigenvalue weighted by Crippen LogP contribution is 2.49. The van der Waals surface area contributed by atoms with Crippen molar-refractivity contribution >= 4 is 106 Å². The molecule has 35 heteroatoms. The second kappa shape index (κ2) is 46.9. The molecular formula is C113H140FN15O19. The highest BCUT2D eigenvalue weighted by Gasteiger charge is 2.63. The van der Waals surface area contributed by atoms with Crippen LogP contribution in [0.5, 0.6) is 5.75 Å². The van der Waals surface area contributed by atoms with Crippen molar-refractivity contribution in [3.63, 3.8) is 0 Å². The number of aryl methyl sites for hydroxylation is 1. The van der Waals surface area contributed by atoms with Crippen molar-refractivity contribution in [2.45, 2.75) is 243 Å². The summed E-state index contributed by atoms with van der Waals surface area (Å²) in [6.45, 7) is 15.8. The fraction of sp³-hybridized carbons (Fsp3) is 0.504. The van der Waals surface area contributed by atoms with Crippen LogP contribution in [0.4, 0.5) is 33.2 Å². The Morgan fingerprint density at radius 2 is 0.757 bits per heavy atom. The summed E-state index contributed by atoms with van der Waals surface area (Å²) in [6.07, 6.45) is 29.9. The first-order valence-electron chi connectivity index (χ1n) is 51.7. The Morgan fingerprint density at radius 3 is 1.20 bits per heavy atom. The Kier molecular flexibility index (Phi) is 35.2. The van der Waals surface area contributed by atoms with Crippen LogP contribution in [0, 0.1) is 48.2 Å².